The van der Waals surface area contributed by atoms with E-state index in [1.807, 2.05) is 0 Å². The number of sulfonamides is 1. The van der Waals surface area contributed by atoms with Gasteiger partial charge in [0.15, 0.2) is 5.60 Å². The molecular formula is C20H27N3O6S. The second-order valence-electron chi connectivity index (χ2n) is 8.78. The first kappa shape index (κ1) is 22.2. The van der Waals surface area contributed by atoms with Gasteiger partial charge in [0.1, 0.15) is 0 Å². The molecule has 0 aromatic heterocycles. The minimum Gasteiger partial charge on any atom is -0.432 e. The summed E-state index contributed by atoms with van der Waals surface area (Å²) in [4.78, 5) is 40.8. The summed E-state index contributed by atoms with van der Waals surface area (Å²) in [6, 6.07) is 5.76. The van der Waals surface area contributed by atoms with Crippen LogP contribution in [0, 0.1) is 0 Å². The summed E-state index contributed by atoms with van der Waals surface area (Å²) in [6.45, 7) is 5.82. The van der Waals surface area contributed by atoms with Gasteiger partial charge in [0.2, 0.25) is 10.0 Å². The molecule has 164 valence electrons. The van der Waals surface area contributed by atoms with Crippen molar-refractivity contribution in [3.63, 3.8) is 0 Å². The fourth-order valence-corrected chi connectivity index (χ4v) is 4.57. The molecule has 1 spiro atoms. The molecule has 2 fully saturated rings. The van der Waals surface area contributed by atoms with E-state index in [0.29, 0.717) is 5.56 Å². The van der Waals surface area contributed by atoms with Crippen LogP contribution < -0.4 is 0 Å². The van der Waals surface area contributed by atoms with E-state index in [1.165, 1.54) is 38.4 Å². The molecule has 0 saturated carbocycles. The van der Waals surface area contributed by atoms with Gasteiger partial charge in [-0.3, -0.25) is 9.59 Å². The van der Waals surface area contributed by atoms with Crippen LogP contribution in [0.15, 0.2) is 29.2 Å². The molecule has 2 heterocycles. The lowest BCUT2D eigenvalue weighted by Crippen LogP contribution is -2.53. The van der Waals surface area contributed by atoms with Crippen LogP contribution in [0.5, 0.6) is 0 Å². The summed E-state index contributed by atoms with van der Waals surface area (Å²) < 4.78 is 30.9. The van der Waals surface area contributed by atoms with Crippen molar-refractivity contribution in [1.29, 1.82) is 0 Å². The van der Waals surface area contributed by atoms with Gasteiger partial charge in [-0.1, -0.05) is 0 Å². The fraction of sp³-hybridized carbons (Fsp3) is 0.550. The van der Waals surface area contributed by atoms with Gasteiger partial charge in [0.25, 0.3) is 11.8 Å². The normalized spacial score (nSPS) is 19.5. The van der Waals surface area contributed by atoms with E-state index < -0.39 is 27.3 Å². The molecule has 0 bridgehead atoms. The van der Waals surface area contributed by atoms with Gasteiger partial charge in [-0.2, -0.15) is 0 Å². The highest BCUT2D eigenvalue weighted by atomic mass is 32.2. The summed E-state index contributed by atoms with van der Waals surface area (Å²) in [7, 11) is -0.690. The molecule has 3 rings (SSSR count). The van der Waals surface area contributed by atoms with Crippen molar-refractivity contribution in [1.82, 2.24) is 14.1 Å². The second kappa shape index (κ2) is 7.35. The fourth-order valence-electron chi connectivity index (χ4n) is 3.67. The van der Waals surface area contributed by atoms with Crippen molar-refractivity contribution in [2.45, 2.75) is 49.6 Å². The minimum atomic E-state index is -3.57. The van der Waals surface area contributed by atoms with E-state index in [2.05, 4.69) is 0 Å². The van der Waals surface area contributed by atoms with Gasteiger partial charge < -0.3 is 9.64 Å². The zero-order valence-electron chi connectivity index (χ0n) is 17.8. The van der Waals surface area contributed by atoms with Gasteiger partial charge in [-0.05, 0) is 45.0 Å². The Morgan fingerprint density at radius 1 is 1.07 bits per heavy atom. The Labute approximate surface area is 176 Å². The van der Waals surface area contributed by atoms with Crippen molar-refractivity contribution in [3.05, 3.63) is 29.8 Å². The van der Waals surface area contributed by atoms with Gasteiger partial charge in [0, 0.05) is 51.1 Å². The monoisotopic (exact) mass is 437 g/mol. The Balaban J connectivity index is 1.71. The number of amides is 3. The number of piperidine rings is 1. The van der Waals surface area contributed by atoms with Crippen LogP contribution in [0.3, 0.4) is 0 Å². The van der Waals surface area contributed by atoms with Crippen LogP contribution in [0.25, 0.3) is 0 Å². The summed E-state index contributed by atoms with van der Waals surface area (Å²) >= 11 is 0. The number of carbonyl (C=O) groups is 3. The number of carbonyl (C=O) groups excluding carboxylic acids is 3. The van der Waals surface area contributed by atoms with Crippen molar-refractivity contribution in [3.8, 4) is 0 Å². The quantitative estimate of drug-likeness (QED) is 0.713. The SMILES string of the molecule is CN(C)S(=O)(=O)c1ccc(C(=O)N2CCC3(CC2)OC(=O)N(C(C)(C)C)C3=O)cc1. The Kier molecular flexibility index (Phi) is 5.44. The molecule has 0 radical (unpaired) electrons. The molecule has 0 N–H and O–H groups in total. The molecule has 1 aromatic rings. The third kappa shape index (κ3) is 3.69. The Hall–Kier alpha value is -2.46. The zero-order valence-corrected chi connectivity index (χ0v) is 18.7. The first-order chi connectivity index (χ1) is 13.8. The highest BCUT2D eigenvalue weighted by Gasteiger charge is 2.57. The lowest BCUT2D eigenvalue weighted by atomic mass is 9.89. The summed E-state index contributed by atoms with van der Waals surface area (Å²) in [5, 5.41) is 0. The number of hydrogen-bond acceptors (Lipinski definition) is 6. The first-order valence-corrected chi connectivity index (χ1v) is 11.1. The van der Waals surface area contributed by atoms with Gasteiger partial charge in [-0.15, -0.1) is 0 Å². The zero-order chi connectivity index (χ0) is 22.5. The van der Waals surface area contributed by atoms with Crippen LogP contribution in [-0.4, -0.2) is 78.8 Å². The number of benzene rings is 1. The maximum absolute atomic E-state index is 12.9. The molecule has 30 heavy (non-hydrogen) atoms. The maximum atomic E-state index is 12.9. The molecule has 10 heteroatoms. The predicted molar refractivity (Wildman–Crippen MR) is 108 cm³/mol. The Morgan fingerprint density at radius 2 is 1.60 bits per heavy atom. The van der Waals surface area contributed by atoms with E-state index in [-0.39, 0.29) is 42.6 Å². The van der Waals surface area contributed by atoms with Crippen molar-refractivity contribution >= 4 is 27.9 Å². The Bertz CT molecular complexity index is 971. The summed E-state index contributed by atoms with van der Waals surface area (Å²) in [5.41, 5.74) is -1.54. The lowest BCUT2D eigenvalue weighted by Gasteiger charge is -2.36. The molecule has 2 aliphatic rings. The van der Waals surface area contributed by atoms with E-state index >= 15 is 0 Å². The summed E-state index contributed by atoms with van der Waals surface area (Å²) in [5.74, 6) is -0.617. The molecule has 3 amide bonds. The number of rotatable bonds is 3. The highest BCUT2D eigenvalue weighted by molar-refractivity contribution is 7.89. The number of ether oxygens (including phenoxy) is 1. The van der Waals surface area contributed by atoms with Crippen molar-refractivity contribution in [2.75, 3.05) is 27.2 Å². The minimum absolute atomic E-state index is 0.104. The number of imide groups is 1. The van der Waals surface area contributed by atoms with E-state index in [9.17, 15) is 22.8 Å². The average molecular weight is 438 g/mol. The molecule has 1 aromatic carbocycles. The van der Waals surface area contributed by atoms with E-state index in [4.69, 9.17) is 4.74 Å². The maximum Gasteiger partial charge on any atom is 0.418 e. The van der Waals surface area contributed by atoms with Gasteiger partial charge in [0.05, 0.1) is 4.90 Å². The molecule has 2 saturated heterocycles. The van der Waals surface area contributed by atoms with Crippen LogP contribution in [-0.2, 0) is 19.6 Å². The largest absolute Gasteiger partial charge is 0.432 e. The van der Waals surface area contributed by atoms with Crippen LogP contribution >= 0.6 is 0 Å². The van der Waals surface area contributed by atoms with Crippen LogP contribution in [0.1, 0.15) is 44.0 Å². The van der Waals surface area contributed by atoms with Crippen molar-refractivity contribution in [2.24, 2.45) is 0 Å². The number of nitrogens with zero attached hydrogens (tertiary/aromatic N) is 3. The molecule has 2 aliphatic heterocycles. The standard InChI is InChI=1S/C20H27N3O6S/c1-19(2,3)23-17(25)20(29-18(23)26)10-12-22(13-11-20)16(24)14-6-8-15(9-7-14)30(27,28)21(4)5/h6-9H,10-13H2,1-5H3. The highest BCUT2D eigenvalue weighted by Crippen LogP contribution is 2.37. The number of likely N-dealkylation sites (tertiary alicyclic amines) is 1. The van der Waals surface area contributed by atoms with Crippen LogP contribution in [0.4, 0.5) is 4.79 Å². The van der Waals surface area contributed by atoms with Gasteiger partial charge >= 0.3 is 6.09 Å². The molecule has 9 nitrogen and oxygen atoms in total. The smallest absolute Gasteiger partial charge is 0.418 e. The predicted octanol–water partition coefficient (Wildman–Crippen LogP) is 1.69. The number of hydrogen-bond donors (Lipinski definition) is 0. The van der Waals surface area contributed by atoms with Crippen molar-refractivity contribution < 1.29 is 27.5 Å². The third-order valence-corrected chi connectivity index (χ3v) is 7.30. The topological polar surface area (TPSA) is 104 Å². The second-order valence-corrected chi connectivity index (χ2v) is 10.9. The van der Waals surface area contributed by atoms with E-state index in [0.717, 1.165) is 9.21 Å². The first-order valence-electron chi connectivity index (χ1n) is 9.69. The molecule has 0 atom stereocenters. The molecular weight excluding hydrogens is 410 g/mol. The van der Waals surface area contributed by atoms with E-state index in [1.54, 1.807) is 25.7 Å². The molecule has 0 unspecified atom stereocenters. The van der Waals surface area contributed by atoms with Crippen LogP contribution in [0.2, 0.25) is 0 Å². The summed E-state index contributed by atoms with van der Waals surface area (Å²) in [6.07, 6.45) is -0.198. The third-order valence-electron chi connectivity index (χ3n) is 5.47. The Morgan fingerprint density at radius 3 is 2.03 bits per heavy atom. The molecule has 0 aliphatic carbocycles. The lowest BCUT2D eigenvalue weighted by molar-refractivity contribution is -0.142. The average Bonchev–Trinajstić information content (AvgIpc) is 2.91. The van der Waals surface area contributed by atoms with Gasteiger partial charge in [-0.25, -0.2) is 22.4 Å².